The molecule has 2 aliphatic heterocycles. The number of aliphatic hydroxyl groups excluding tert-OH is 1. The van der Waals surface area contributed by atoms with Crippen molar-refractivity contribution in [3.63, 3.8) is 0 Å². The van der Waals surface area contributed by atoms with Gasteiger partial charge in [0.15, 0.2) is 11.2 Å². The molecule has 190 valence electrons. The number of thiazole rings is 1. The number of aliphatic hydroxyl groups is 1. The molecule has 38 heavy (non-hydrogen) atoms. The molecular weight excluding hydrogens is 505 g/mol. The molecule has 6 rings (SSSR count). The van der Waals surface area contributed by atoms with E-state index in [1.807, 2.05) is 4.57 Å². The lowest BCUT2D eigenvalue weighted by atomic mass is 10.0. The van der Waals surface area contributed by atoms with Crippen molar-refractivity contribution in [2.24, 2.45) is 0 Å². The van der Waals surface area contributed by atoms with Crippen molar-refractivity contribution < 1.29 is 19.1 Å². The minimum Gasteiger partial charge on any atom is -0.392 e. The highest BCUT2D eigenvalue weighted by Gasteiger charge is 2.42. The second-order valence-electron chi connectivity index (χ2n) is 9.12. The lowest BCUT2D eigenvalue weighted by Gasteiger charge is -2.26. The van der Waals surface area contributed by atoms with Crippen LogP contribution in [0.3, 0.4) is 0 Å². The van der Waals surface area contributed by atoms with Gasteiger partial charge in [0.1, 0.15) is 5.82 Å². The molecular formula is C28H22FN5O3S. The Labute approximate surface area is 221 Å². The second-order valence-corrected chi connectivity index (χ2v) is 10.0. The van der Waals surface area contributed by atoms with Gasteiger partial charge in [-0.3, -0.25) is 14.9 Å². The Morgan fingerprint density at radius 2 is 2.00 bits per heavy atom. The van der Waals surface area contributed by atoms with Crippen molar-refractivity contribution in [2.75, 3.05) is 5.32 Å². The number of aromatic nitrogens is 3. The Morgan fingerprint density at radius 3 is 2.76 bits per heavy atom. The summed E-state index contributed by atoms with van der Waals surface area (Å²) in [5.74, 6) is 4.45. The number of benzene rings is 2. The van der Waals surface area contributed by atoms with Crippen molar-refractivity contribution in [3.05, 3.63) is 99.3 Å². The van der Waals surface area contributed by atoms with Crippen molar-refractivity contribution in [2.45, 2.75) is 38.6 Å². The Morgan fingerprint density at radius 1 is 1.18 bits per heavy atom. The third kappa shape index (κ3) is 4.36. The number of fused-ring (bicyclic) bond motifs is 2. The largest absolute Gasteiger partial charge is 0.392 e. The number of nitrogens with zero attached hydrogens (tertiary/aromatic N) is 4. The first kappa shape index (κ1) is 24.0. The summed E-state index contributed by atoms with van der Waals surface area (Å²) >= 11 is 1.27. The Kier molecular flexibility index (Phi) is 6.23. The zero-order valence-electron chi connectivity index (χ0n) is 20.1. The van der Waals surface area contributed by atoms with Gasteiger partial charge in [0.2, 0.25) is 0 Å². The SMILES string of the molecule is O=C(Nc1nccs1)C(c1ncn2c1CCC2)N1Cc2c(F)cc(C#Cc3ccc(CO)cc3)cc2C1=O. The molecule has 0 aliphatic carbocycles. The van der Waals surface area contributed by atoms with Crippen molar-refractivity contribution >= 4 is 28.3 Å². The number of aryl methyl sites for hydroxylation is 1. The first-order chi connectivity index (χ1) is 18.5. The van der Waals surface area contributed by atoms with E-state index >= 15 is 4.39 Å². The Bertz CT molecular complexity index is 1600. The van der Waals surface area contributed by atoms with E-state index in [0.29, 0.717) is 22.0 Å². The van der Waals surface area contributed by atoms with E-state index in [2.05, 4.69) is 27.1 Å². The molecule has 1 unspecified atom stereocenters. The van der Waals surface area contributed by atoms with Gasteiger partial charge in [0, 0.05) is 46.1 Å². The molecule has 0 radical (unpaired) electrons. The van der Waals surface area contributed by atoms with Crippen molar-refractivity contribution in [1.29, 1.82) is 0 Å². The van der Waals surface area contributed by atoms with Crippen LogP contribution in [0.2, 0.25) is 0 Å². The van der Waals surface area contributed by atoms with E-state index in [1.54, 1.807) is 48.2 Å². The first-order valence-electron chi connectivity index (χ1n) is 12.1. The third-order valence-corrected chi connectivity index (χ3v) is 7.46. The van der Waals surface area contributed by atoms with Crippen LogP contribution in [-0.2, 0) is 30.9 Å². The summed E-state index contributed by atoms with van der Waals surface area (Å²) in [5.41, 5.74) is 3.65. The van der Waals surface area contributed by atoms with Crippen LogP contribution < -0.4 is 5.32 Å². The highest BCUT2D eigenvalue weighted by atomic mass is 32.1. The van der Waals surface area contributed by atoms with Crippen LogP contribution in [0.15, 0.2) is 54.3 Å². The molecule has 4 aromatic rings. The van der Waals surface area contributed by atoms with Crippen LogP contribution >= 0.6 is 11.3 Å². The predicted molar refractivity (Wildman–Crippen MR) is 139 cm³/mol. The number of carbonyl (C=O) groups is 2. The van der Waals surface area contributed by atoms with Crippen LogP contribution in [0.1, 0.15) is 56.5 Å². The normalized spacial score (nSPS) is 14.6. The van der Waals surface area contributed by atoms with Gasteiger partial charge in [-0.2, -0.15) is 0 Å². The number of imidazole rings is 1. The fourth-order valence-corrected chi connectivity index (χ4v) is 5.44. The number of hydrogen-bond acceptors (Lipinski definition) is 6. The van der Waals surface area contributed by atoms with E-state index in [-0.39, 0.29) is 24.3 Å². The molecule has 0 saturated heterocycles. The number of nitrogens with one attached hydrogen (secondary N) is 1. The molecule has 0 fully saturated rings. The molecule has 0 bridgehead atoms. The molecule has 10 heteroatoms. The summed E-state index contributed by atoms with van der Waals surface area (Å²) in [7, 11) is 0. The zero-order valence-corrected chi connectivity index (χ0v) is 21.0. The van der Waals surface area contributed by atoms with Gasteiger partial charge in [-0.25, -0.2) is 14.4 Å². The second kappa shape index (κ2) is 9.85. The maximum Gasteiger partial charge on any atom is 0.255 e. The number of rotatable bonds is 5. The highest BCUT2D eigenvalue weighted by molar-refractivity contribution is 7.13. The fourth-order valence-electron chi connectivity index (χ4n) is 4.91. The third-order valence-electron chi connectivity index (χ3n) is 6.78. The van der Waals surface area contributed by atoms with Gasteiger partial charge < -0.3 is 14.6 Å². The van der Waals surface area contributed by atoms with Crippen LogP contribution in [-0.4, -0.2) is 36.4 Å². The van der Waals surface area contributed by atoms with Crippen LogP contribution in [0.25, 0.3) is 0 Å². The lowest BCUT2D eigenvalue weighted by Crippen LogP contribution is -2.38. The van der Waals surface area contributed by atoms with E-state index in [1.165, 1.54) is 22.3 Å². The Hall–Kier alpha value is -4.33. The molecule has 4 heterocycles. The summed E-state index contributed by atoms with van der Waals surface area (Å²) in [4.78, 5) is 37.2. The topological polar surface area (TPSA) is 100 Å². The molecule has 2 aromatic carbocycles. The number of hydrogen-bond donors (Lipinski definition) is 2. The molecule has 2 aliphatic rings. The van der Waals surface area contributed by atoms with Gasteiger partial charge >= 0.3 is 0 Å². The number of anilines is 1. The maximum atomic E-state index is 15.3. The average Bonchev–Trinajstić information content (AvgIpc) is 3.72. The van der Waals surface area contributed by atoms with E-state index < -0.39 is 23.7 Å². The molecule has 2 N–H and O–H groups in total. The van der Waals surface area contributed by atoms with Gasteiger partial charge in [0.25, 0.3) is 11.8 Å². The summed E-state index contributed by atoms with van der Waals surface area (Å²) in [6.07, 6.45) is 4.95. The summed E-state index contributed by atoms with van der Waals surface area (Å²) < 4.78 is 17.2. The lowest BCUT2D eigenvalue weighted by molar-refractivity contribution is -0.121. The van der Waals surface area contributed by atoms with E-state index in [0.717, 1.165) is 30.6 Å². The number of halogens is 1. The quantitative estimate of drug-likeness (QED) is 0.386. The fraction of sp³-hybridized carbons (Fsp3) is 0.214. The zero-order chi connectivity index (χ0) is 26.2. The highest BCUT2D eigenvalue weighted by Crippen LogP contribution is 2.36. The van der Waals surface area contributed by atoms with Crippen LogP contribution in [0.4, 0.5) is 9.52 Å². The van der Waals surface area contributed by atoms with E-state index in [4.69, 9.17) is 0 Å². The smallest absolute Gasteiger partial charge is 0.255 e. The molecule has 0 spiro atoms. The monoisotopic (exact) mass is 527 g/mol. The van der Waals surface area contributed by atoms with Crippen molar-refractivity contribution in [1.82, 2.24) is 19.4 Å². The van der Waals surface area contributed by atoms with Crippen LogP contribution in [0.5, 0.6) is 0 Å². The Balaban J connectivity index is 1.33. The molecule has 1 atom stereocenters. The van der Waals surface area contributed by atoms with Gasteiger partial charge in [-0.1, -0.05) is 24.0 Å². The molecule has 2 amide bonds. The van der Waals surface area contributed by atoms with Crippen LogP contribution in [0, 0.1) is 17.7 Å². The molecule has 8 nitrogen and oxygen atoms in total. The number of amides is 2. The summed E-state index contributed by atoms with van der Waals surface area (Å²) in [6, 6.07) is 8.91. The summed E-state index contributed by atoms with van der Waals surface area (Å²) in [6.45, 7) is 0.683. The first-order valence-corrected chi connectivity index (χ1v) is 13.0. The molecule has 2 aromatic heterocycles. The standard InChI is InChI=1S/C28H22FN5O3S/c29-22-13-19(8-5-17-3-6-18(15-35)7-4-17)12-20-21(22)14-34(27(20)37)25(26(36)32-28-30-9-11-38-28)24-23-2-1-10-33(23)16-31-24/h3-4,6-7,9,11-13,16,25,35H,1-2,10,14-15H2,(H,30,32,36). The summed E-state index contributed by atoms with van der Waals surface area (Å²) in [5, 5.41) is 14.1. The van der Waals surface area contributed by atoms with Gasteiger partial charge in [-0.05, 0) is 42.7 Å². The van der Waals surface area contributed by atoms with Gasteiger partial charge in [0.05, 0.1) is 25.2 Å². The van der Waals surface area contributed by atoms with Crippen molar-refractivity contribution in [3.8, 4) is 11.8 Å². The van der Waals surface area contributed by atoms with E-state index in [9.17, 15) is 14.7 Å². The molecule has 0 saturated carbocycles. The average molecular weight is 528 g/mol. The minimum absolute atomic E-state index is 0.0570. The minimum atomic E-state index is -1.04. The van der Waals surface area contributed by atoms with Gasteiger partial charge in [-0.15, -0.1) is 11.3 Å². The predicted octanol–water partition coefficient (Wildman–Crippen LogP) is 3.65. The maximum absolute atomic E-state index is 15.3. The number of carbonyl (C=O) groups excluding carboxylic acids is 2.